The van der Waals surface area contributed by atoms with Crippen LogP contribution in [0, 0.1) is 11.8 Å². The van der Waals surface area contributed by atoms with Crippen LogP contribution in [-0.2, 0) is 29.1 Å². The van der Waals surface area contributed by atoms with E-state index in [1.165, 1.54) is 34.1 Å². The van der Waals surface area contributed by atoms with Gasteiger partial charge in [0.15, 0.2) is 0 Å². The first-order valence-corrected chi connectivity index (χ1v) is 10.5. The summed E-state index contributed by atoms with van der Waals surface area (Å²) in [6, 6.07) is 28.4. The molecule has 0 saturated heterocycles. The van der Waals surface area contributed by atoms with Crippen LogP contribution in [0.3, 0.4) is 0 Å². The van der Waals surface area contributed by atoms with Gasteiger partial charge < -0.3 is 25.6 Å². The third kappa shape index (κ3) is 17.0. The number of aromatic nitrogens is 2. The molecule has 0 atom stereocenters. The Morgan fingerprint density at radius 2 is 0.947 bits per heavy atom. The van der Waals surface area contributed by atoms with Crippen molar-refractivity contribution in [2.75, 3.05) is 0 Å². The Kier molecular flexibility index (Phi) is 21.5. The molecule has 0 fully saturated rings. The molecule has 0 bridgehead atoms. The zero-order valence-electron chi connectivity index (χ0n) is 20.5. The van der Waals surface area contributed by atoms with Crippen molar-refractivity contribution in [1.29, 1.82) is 0 Å². The van der Waals surface area contributed by atoms with E-state index in [4.69, 9.17) is 4.79 Å². The summed E-state index contributed by atoms with van der Waals surface area (Å²) in [7, 11) is 0. The number of carbonyl (C=O) groups excluding carboxylic acids is 2. The van der Waals surface area contributed by atoms with Crippen molar-refractivity contribution in [3.8, 4) is 11.8 Å². The number of aliphatic carboxylic acids is 1. The van der Waals surface area contributed by atoms with E-state index >= 15 is 0 Å². The zero-order valence-corrected chi connectivity index (χ0v) is 23.5. The van der Waals surface area contributed by atoms with Crippen LogP contribution in [0.15, 0.2) is 110 Å². The number of carbonyl (C=O) groups is 1. The number of rotatable bonds is 4. The quantitative estimate of drug-likeness (QED) is 0.214. The van der Waals surface area contributed by atoms with E-state index in [2.05, 4.69) is 58.5 Å². The third-order valence-corrected chi connectivity index (χ3v) is 4.16. The van der Waals surface area contributed by atoms with Gasteiger partial charge in [-0.25, -0.2) is 0 Å². The number of carboxylic acid groups (broad SMARTS) is 1. The van der Waals surface area contributed by atoms with Crippen molar-refractivity contribution >= 4 is 36.6 Å². The molecule has 7 nitrogen and oxygen atoms in total. The van der Waals surface area contributed by atoms with Gasteiger partial charge >= 0.3 is 19.5 Å². The van der Waals surface area contributed by atoms with Crippen LogP contribution < -0.4 is 5.11 Å². The molecule has 0 spiro atoms. The predicted octanol–water partition coefficient (Wildman–Crippen LogP) is 2.70. The molecule has 4 rings (SSSR count). The Morgan fingerprint density at radius 1 is 0.632 bits per heavy atom. The second kappa shape index (κ2) is 22.9. The molecule has 38 heavy (non-hydrogen) atoms. The van der Waals surface area contributed by atoms with Crippen molar-refractivity contribution in [2.24, 2.45) is 0 Å². The molecule has 0 radical (unpaired) electrons. The molecule has 4 N–H and O–H groups in total. The number of carboxylic acids is 1. The molecule has 0 amide bonds. The Hall–Kier alpha value is -4.54. The molecule has 2 aromatic carbocycles. The van der Waals surface area contributed by atoms with Crippen LogP contribution >= 0.6 is 0 Å². The fourth-order valence-corrected chi connectivity index (χ4v) is 2.54. The monoisotopic (exact) mass is 558 g/mol. The average molecular weight is 560 g/mol. The Balaban J connectivity index is 0. The number of benzene rings is 2. The standard InChI is InChI=1S/2C13H11N.C4HO3.2H2O.Zn/c2*1-2-4-12(5-3-1)6-7-13-8-10-14-11-9-13;5-3-1-2-4(6)7;;;/h2*1-11H;(H,6,7);2*1H2;/q;;-1;;;+2/p-1/b2*7-6+;;;;. The van der Waals surface area contributed by atoms with Gasteiger partial charge in [-0.05, 0) is 46.5 Å². The normalized spacial score (nSPS) is 8.84. The molecular formula is C30H26N2O5Zn. The van der Waals surface area contributed by atoms with E-state index in [0.717, 1.165) is 6.29 Å². The summed E-state index contributed by atoms with van der Waals surface area (Å²) in [5.74, 6) is 1.39. The second-order valence-electron chi connectivity index (χ2n) is 6.69. The maximum Gasteiger partial charge on any atom is 2.00 e. The number of nitrogens with zero attached hydrogens (tertiary/aromatic N) is 2. The molecule has 2 heterocycles. The number of hydrogen-bond donors (Lipinski definition) is 0. The topological polar surface area (TPSA) is 146 Å². The van der Waals surface area contributed by atoms with Crippen molar-refractivity contribution in [1.82, 2.24) is 9.97 Å². The molecule has 0 saturated carbocycles. The average Bonchev–Trinajstić information content (AvgIpc) is 2.93. The van der Waals surface area contributed by atoms with Crippen LogP contribution in [0.5, 0.6) is 0 Å². The minimum absolute atomic E-state index is 0. The summed E-state index contributed by atoms with van der Waals surface area (Å²) in [4.78, 5) is 26.3. The molecule has 188 valence electrons. The molecule has 2 aromatic heterocycles. The van der Waals surface area contributed by atoms with E-state index in [1.807, 2.05) is 60.7 Å². The third-order valence-electron chi connectivity index (χ3n) is 4.16. The number of hydrogen-bond acceptors (Lipinski definition) is 5. The first-order valence-electron chi connectivity index (χ1n) is 10.5. The zero-order chi connectivity index (χ0) is 25.0. The predicted molar refractivity (Wildman–Crippen MR) is 145 cm³/mol. The molecular weight excluding hydrogens is 534 g/mol. The minimum Gasteiger partial charge on any atom is -0.559 e. The SMILES string of the molecule is C(=C\c1ccncc1)/c1ccccc1.C(=C\c1ccncc1)/c1ccccc1.O.O.O=[C-]C#CC(=O)[O-].[Zn+2]. The Bertz CT molecular complexity index is 1110. The van der Waals surface area contributed by atoms with Gasteiger partial charge in [0.05, 0.1) is 0 Å². The Morgan fingerprint density at radius 3 is 1.21 bits per heavy atom. The molecule has 0 aliphatic rings. The molecule has 8 heteroatoms. The van der Waals surface area contributed by atoms with Crippen LogP contribution in [0.2, 0.25) is 0 Å². The first-order chi connectivity index (χ1) is 17.2. The smallest absolute Gasteiger partial charge is 0.559 e. The van der Waals surface area contributed by atoms with Crippen molar-refractivity contribution in [3.63, 3.8) is 0 Å². The van der Waals surface area contributed by atoms with Gasteiger partial charge in [-0.1, -0.05) is 85.0 Å². The fraction of sp³-hybridized carbons (Fsp3) is 0. The molecule has 0 unspecified atom stereocenters. The summed E-state index contributed by atoms with van der Waals surface area (Å²) in [6.45, 7) is 0. The van der Waals surface area contributed by atoms with Gasteiger partial charge in [0.25, 0.3) is 0 Å². The van der Waals surface area contributed by atoms with E-state index in [1.54, 1.807) is 24.8 Å². The fourth-order valence-electron chi connectivity index (χ4n) is 2.54. The molecule has 0 aliphatic carbocycles. The van der Waals surface area contributed by atoms with E-state index in [-0.39, 0.29) is 30.4 Å². The van der Waals surface area contributed by atoms with E-state index in [9.17, 15) is 9.90 Å². The number of pyridine rings is 2. The van der Waals surface area contributed by atoms with E-state index in [0.29, 0.717) is 0 Å². The summed E-state index contributed by atoms with van der Waals surface area (Å²) < 4.78 is 0. The Labute approximate surface area is 235 Å². The van der Waals surface area contributed by atoms with E-state index < -0.39 is 5.97 Å². The largest absolute Gasteiger partial charge is 2.00 e. The summed E-state index contributed by atoms with van der Waals surface area (Å²) in [5, 5.41) is 9.29. The van der Waals surface area contributed by atoms with Crippen LogP contribution in [0.25, 0.3) is 24.3 Å². The maximum absolute atomic E-state index is 9.29. The van der Waals surface area contributed by atoms with Crippen LogP contribution in [0.4, 0.5) is 0 Å². The van der Waals surface area contributed by atoms with Gasteiger partial charge in [0.2, 0.25) is 0 Å². The van der Waals surface area contributed by atoms with Gasteiger partial charge in [-0.3, -0.25) is 21.8 Å². The van der Waals surface area contributed by atoms with Crippen molar-refractivity contribution < 1.29 is 45.1 Å². The molecule has 4 aromatic rings. The maximum atomic E-state index is 9.29. The second-order valence-corrected chi connectivity index (χ2v) is 6.69. The molecule has 0 aliphatic heterocycles. The summed E-state index contributed by atoms with van der Waals surface area (Å²) in [6.07, 6.45) is 16.6. The first kappa shape index (κ1) is 35.6. The van der Waals surface area contributed by atoms with Crippen LogP contribution in [-0.4, -0.2) is 33.2 Å². The summed E-state index contributed by atoms with van der Waals surface area (Å²) in [5.41, 5.74) is 4.77. The van der Waals surface area contributed by atoms with Gasteiger partial charge in [0, 0.05) is 37.0 Å². The van der Waals surface area contributed by atoms with Gasteiger partial charge in [-0.15, -0.1) is 0 Å². The van der Waals surface area contributed by atoms with Crippen molar-refractivity contribution in [3.05, 3.63) is 132 Å². The summed E-state index contributed by atoms with van der Waals surface area (Å²) >= 11 is 0. The van der Waals surface area contributed by atoms with Crippen LogP contribution in [0.1, 0.15) is 22.3 Å². The van der Waals surface area contributed by atoms with Gasteiger partial charge in [0.1, 0.15) is 0 Å². The minimum atomic E-state index is -1.57. The van der Waals surface area contributed by atoms with Crippen molar-refractivity contribution in [2.45, 2.75) is 0 Å². The van der Waals surface area contributed by atoms with Gasteiger partial charge in [-0.2, -0.15) is 0 Å².